The number of aliphatic hydroxyl groups is 1. The van der Waals surface area contributed by atoms with Crippen LogP contribution in [0.1, 0.15) is 10.4 Å². The van der Waals surface area contributed by atoms with E-state index in [9.17, 15) is 4.79 Å². The van der Waals surface area contributed by atoms with Crippen molar-refractivity contribution in [1.82, 2.24) is 15.5 Å². The lowest BCUT2D eigenvalue weighted by molar-refractivity contribution is 0.0838. The summed E-state index contributed by atoms with van der Waals surface area (Å²) in [5.41, 5.74) is 1.29. The largest absolute Gasteiger partial charge is 0.423 e. The number of amides is 1. The number of carbonyl (C=O) groups is 1. The van der Waals surface area contributed by atoms with Crippen molar-refractivity contribution in [1.29, 1.82) is 0 Å². The Morgan fingerprint density at radius 2 is 2.10 bits per heavy atom. The topological polar surface area (TPSA) is 97.5 Å². The number of ether oxygens (including phenoxy) is 1. The molecule has 1 heterocycles. The minimum atomic E-state index is -0.185. The Balaban J connectivity index is 1.85. The summed E-state index contributed by atoms with van der Waals surface area (Å²) in [6, 6.07) is 6.85. The maximum absolute atomic E-state index is 11.8. The van der Waals surface area contributed by atoms with Gasteiger partial charge in [-0.2, -0.15) is 0 Å². The van der Waals surface area contributed by atoms with E-state index >= 15 is 0 Å². The van der Waals surface area contributed by atoms with Gasteiger partial charge in [0.2, 0.25) is 12.3 Å². The van der Waals surface area contributed by atoms with E-state index in [4.69, 9.17) is 14.3 Å². The van der Waals surface area contributed by atoms with Gasteiger partial charge in [0.05, 0.1) is 19.8 Å². The first kappa shape index (κ1) is 14.2. The molecule has 7 nitrogen and oxygen atoms in total. The van der Waals surface area contributed by atoms with Gasteiger partial charge in [-0.15, -0.1) is 10.2 Å². The Morgan fingerprint density at radius 1 is 1.30 bits per heavy atom. The molecule has 1 amide bonds. The molecule has 0 saturated carbocycles. The highest BCUT2D eigenvalue weighted by Crippen LogP contribution is 2.16. The van der Waals surface area contributed by atoms with Crippen LogP contribution in [0.2, 0.25) is 0 Å². The molecule has 2 N–H and O–H groups in total. The third kappa shape index (κ3) is 3.87. The standard InChI is InChI=1S/C13H15N3O4/c17-6-8-19-7-5-14-12(18)10-1-3-11(4-2-10)13-16-15-9-20-13/h1-4,9,17H,5-8H2,(H,14,18). The van der Waals surface area contributed by atoms with Gasteiger partial charge < -0.3 is 19.6 Å². The van der Waals surface area contributed by atoms with Gasteiger partial charge in [-0.05, 0) is 24.3 Å². The molecule has 1 aromatic carbocycles. The van der Waals surface area contributed by atoms with Crippen molar-refractivity contribution >= 4 is 5.91 Å². The van der Waals surface area contributed by atoms with Crippen molar-refractivity contribution in [2.45, 2.75) is 0 Å². The lowest BCUT2D eigenvalue weighted by Gasteiger charge is -2.06. The fraction of sp³-hybridized carbons (Fsp3) is 0.308. The number of nitrogens with one attached hydrogen (secondary N) is 1. The normalized spacial score (nSPS) is 10.4. The highest BCUT2D eigenvalue weighted by Gasteiger charge is 2.07. The summed E-state index contributed by atoms with van der Waals surface area (Å²) in [5.74, 6) is 0.226. The Kier molecular flexibility index (Phi) is 5.22. The van der Waals surface area contributed by atoms with Crippen LogP contribution in [0, 0.1) is 0 Å². The third-order valence-corrected chi connectivity index (χ3v) is 2.52. The minimum Gasteiger partial charge on any atom is -0.423 e. The fourth-order valence-electron chi connectivity index (χ4n) is 1.57. The van der Waals surface area contributed by atoms with Gasteiger partial charge in [-0.3, -0.25) is 4.79 Å². The molecule has 0 aliphatic carbocycles. The van der Waals surface area contributed by atoms with Crippen molar-refractivity contribution in [3.8, 4) is 11.5 Å². The summed E-state index contributed by atoms with van der Waals surface area (Å²) in [4.78, 5) is 11.8. The highest BCUT2D eigenvalue weighted by atomic mass is 16.5. The highest BCUT2D eigenvalue weighted by molar-refractivity contribution is 5.94. The Morgan fingerprint density at radius 3 is 2.75 bits per heavy atom. The van der Waals surface area contributed by atoms with Gasteiger partial charge in [0, 0.05) is 17.7 Å². The van der Waals surface area contributed by atoms with E-state index < -0.39 is 0 Å². The third-order valence-electron chi connectivity index (χ3n) is 2.52. The Hall–Kier alpha value is -2.25. The zero-order valence-electron chi connectivity index (χ0n) is 10.8. The molecule has 0 fully saturated rings. The van der Waals surface area contributed by atoms with Crippen molar-refractivity contribution < 1.29 is 19.1 Å². The quantitative estimate of drug-likeness (QED) is 0.714. The van der Waals surface area contributed by atoms with E-state index in [0.29, 0.717) is 24.6 Å². The molecule has 20 heavy (non-hydrogen) atoms. The molecule has 0 spiro atoms. The van der Waals surface area contributed by atoms with E-state index in [1.165, 1.54) is 6.39 Å². The van der Waals surface area contributed by atoms with E-state index in [-0.39, 0.29) is 19.1 Å². The van der Waals surface area contributed by atoms with Crippen molar-refractivity contribution in [3.05, 3.63) is 36.2 Å². The molecule has 0 aliphatic heterocycles. The van der Waals surface area contributed by atoms with Gasteiger partial charge >= 0.3 is 0 Å². The van der Waals surface area contributed by atoms with Crippen molar-refractivity contribution in [2.75, 3.05) is 26.4 Å². The SMILES string of the molecule is O=C(NCCOCCO)c1ccc(-c2nnco2)cc1. The molecule has 2 rings (SSSR count). The zero-order chi connectivity index (χ0) is 14.2. The fourth-order valence-corrected chi connectivity index (χ4v) is 1.57. The van der Waals surface area contributed by atoms with Crippen LogP contribution in [0.5, 0.6) is 0 Å². The van der Waals surface area contributed by atoms with E-state index in [2.05, 4.69) is 15.5 Å². The summed E-state index contributed by atoms with van der Waals surface area (Å²) >= 11 is 0. The number of hydrogen-bond donors (Lipinski definition) is 2. The molecule has 0 bridgehead atoms. The van der Waals surface area contributed by atoms with Gasteiger partial charge in [0.25, 0.3) is 5.91 Å². The van der Waals surface area contributed by atoms with E-state index in [0.717, 1.165) is 5.56 Å². The second kappa shape index (κ2) is 7.37. The molecule has 0 aliphatic rings. The van der Waals surface area contributed by atoms with Gasteiger partial charge in [-0.25, -0.2) is 0 Å². The van der Waals surface area contributed by atoms with Gasteiger partial charge in [-0.1, -0.05) is 0 Å². The van der Waals surface area contributed by atoms with Crippen LogP contribution in [-0.2, 0) is 4.74 Å². The summed E-state index contributed by atoms with van der Waals surface area (Å²) in [7, 11) is 0. The summed E-state index contributed by atoms with van der Waals surface area (Å²) < 4.78 is 10.1. The Labute approximate surface area is 115 Å². The smallest absolute Gasteiger partial charge is 0.251 e. The number of nitrogens with zero attached hydrogens (tertiary/aromatic N) is 2. The molecular formula is C13H15N3O4. The molecule has 0 saturated heterocycles. The predicted molar refractivity (Wildman–Crippen MR) is 70.0 cm³/mol. The van der Waals surface area contributed by atoms with Crippen LogP contribution in [0.4, 0.5) is 0 Å². The molecule has 7 heteroatoms. The first-order chi connectivity index (χ1) is 9.81. The average Bonchev–Trinajstić information content (AvgIpc) is 3.01. The van der Waals surface area contributed by atoms with Gasteiger partial charge in [0.15, 0.2) is 0 Å². The van der Waals surface area contributed by atoms with Gasteiger partial charge in [0.1, 0.15) is 0 Å². The average molecular weight is 277 g/mol. The van der Waals surface area contributed by atoms with Crippen molar-refractivity contribution in [2.24, 2.45) is 0 Å². The van der Waals surface area contributed by atoms with Crippen LogP contribution in [0.15, 0.2) is 35.1 Å². The number of rotatable bonds is 7. The molecule has 0 unspecified atom stereocenters. The predicted octanol–water partition coefficient (Wildman–Crippen LogP) is 0.475. The first-order valence-corrected chi connectivity index (χ1v) is 6.14. The molecule has 0 atom stereocenters. The summed E-state index contributed by atoms with van der Waals surface area (Å²) in [6.07, 6.45) is 1.25. The molecule has 2 aromatic rings. The number of aliphatic hydroxyl groups excluding tert-OH is 1. The van der Waals surface area contributed by atoms with E-state index in [1.807, 2.05) is 0 Å². The lowest BCUT2D eigenvalue weighted by atomic mass is 10.1. The second-order valence-electron chi connectivity index (χ2n) is 3.91. The number of hydrogen-bond acceptors (Lipinski definition) is 6. The van der Waals surface area contributed by atoms with Crippen LogP contribution >= 0.6 is 0 Å². The number of aromatic nitrogens is 2. The molecular weight excluding hydrogens is 262 g/mol. The molecule has 106 valence electrons. The summed E-state index contributed by atoms with van der Waals surface area (Å²) in [5, 5.41) is 18.6. The van der Waals surface area contributed by atoms with Crippen LogP contribution < -0.4 is 5.32 Å². The summed E-state index contributed by atoms with van der Waals surface area (Å²) in [6.45, 7) is 1.01. The number of benzene rings is 1. The zero-order valence-corrected chi connectivity index (χ0v) is 10.8. The van der Waals surface area contributed by atoms with Crippen LogP contribution in [0.3, 0.4) is 0 Å². The van der Waals surface area contributed by atoms with E-state index in [1.54, 1.807) is 24.3 Å². The van der Waals surface area contributed by atoms with Crippen molar-refractivity contribution in [3.63, 3.8) is 0 Å². The second-order valence-corrected chi connectivity index (χ2v) is 3.91. The lowest BCUT2D eigenvalue weighted by Crippen LogP contribution is -2.27. The molecule has 0 radical (unpaired) electrons. The maximum Gasteiger partial charge on any atom is 0.251 e. The monoisotopic (exact) mass is 277 g/mol. The molecule has 1 aromatic heterocycles. The van der Waals surface area contributed by atoms with Crippen LogP contribution in [0.25, 0.3) is 11.5 Å². The van der Waals surface area contributed by atoms with Crippen LogP contribution in [-0.4, -0.2) is 47.6 Å². The number of carbonyl (C=O) groups excluding carboxylic acids is 1. The first-order valence-electron chi connectivity index (χ1n) is 6.14. The maximum atomic E-state index is 11.8. The minimum absolute atomic E-state index is 0.0227. The Bertz CT molecular complexity index is 525.